The van der Waals surface area contributed by atoms with Gasteiger partial charge in [-0.05, 0) is 24.0 Å². The van der Waals surface area contributed by atoms with Crippen molar-refractivity contribution in [2.75, 3.05) is 4.90 Å². The molecular weight excluding hydrogens is 402 g/mol. The van der Waals surface area contributed by atoms with E-state index in [1.54, 1.807) is 12.1 Å². The van der Waals surface area contributed by atoms with Gasteiger partial charge in [-0.2, -0.15) is 5.26 Å². The third-order valence-electron chi connectivity index (χ3n) is 7.20. The van der Waals surface area contributed by atoms with Crippen molar-refractivity contribution in [2.24, 2.45) is 16.6 Å². The van der Waals surface area contributed by atoms with Gasteiger partial charge in [-0.15, -0.1) is 0 Å². The Kier molecular flexibility index (Phi) is 3.35. The van der Waals surface area contributed by atoms with Gasteiger partial charge in [-0.1, -0.05) is 56.3 Å². The number of hydrogen-bond donors (Lipinski definition) is 1. The Balaban J connectivity index is 1.80. The summed E-state index contributed by atoms with van der Waals surface area (Å²) < 4.78 is 6.41. The van der Waals surface area contributed by atoms with Gasteiger partial charge >= 0.3 is 0 Å². The summed E-state index contributed by atoms with van der Waals surface area (Å²) in [5, 5.41) is 10.2. The number of ether oxygens (including phenoxy) is 1. The van der Waals surface area contributed by atoms with E-state index >= 15 is 0 Å². The summed E-state index contributed by atoms with van der Waals surface area (Å²) in [7, 11) is 0. The molecule has 32 heavy (non-hydrogen) atoms. The van der Waals surface area contributed by atoms with Crippen molar-refractivity contribution in [1.82, 2.24) is 0 Å². The van der Waals surface area contributed by atoms with Gasteiger partial charge in [0.05, 0.1) is 0 Å². The predicted molar refractivity (Wildman–Crippen MR) is 117 cm³/mol. The molecule has 2 aliphatic carbocycles. The number of fused-ring (bicyclic) bond motifs is 1. The van der Waals surface area contributed by atoms with Gasteiger partial charge in [0.15, 0.2) is 17.0 Å². The minimum absolute atomic E-state index is 0.0256. The predicted octanol–water partition coefficient (Wildman–Crippen LogP) is 3.91. The van der Waals surface area contributed by atoms with Gasteiger partial charge in [-0.3, -0.25) is 9.59 Å². The zero-order valence-corrected chi connectivity index (χ0v) is 17.8. The molecule has 6 rings (SSSR count). The van der Waals surface area contributed by atoms with Crippen LogP contribution in [-0.2, 0) is 15.3 Å². The lowest BCUT2D eigenvalue weighted by Gasteiger charge is -2.42. The van der Waals surface area contributed by atoms with Gasteiger partial charge < -0.3 is 15.4 Å². The van der Waals surface area contributed by atoms with Crippen LogP contribution in [-0.4, -0.2) is 11.6 Å². The van der Waals surface area contributed by atoms with Crippen molar-refractivity contribution in [3.8, 4) is 6.07 Å². The Morgan fingerprint density at radius 3 is 2.44 bits per heavy atom. The maximum absolute atomic E-state index is 14.2. The molecule has 0 spiro atoms. The number of allylic oxidation sites excluding steroid dienone is 1. The zero-order chi connectivity index (χ0) is 22.5. The Morgan fingerprint density at radius 2 is 1.72 bits per heavy atom. The highest BCUT2D eigenvalue weighted by Gasteiger charge is 2.81. The minimum atomic E-state index is -1.60. The van der Waals surface area contributed by atoms with E-state index in [1.165, 1.54) is 0 Å². The van der Waals surface area contributed by atoms with E-state index in [-0.39, 0.29) is 34.9 Å². The third-order valence-corrected chi connectivity index (χ3v) is 7.20. The smallest absolute Gasteiger partial charge is 0.238 e. The average Bonchev–Trinajstić information content (AvgIpc) is 3.23. The first-order chi connectivity index (χ1) is 15.3. The maximum Gasteiger partial charge on any atom is 0.238 e. The number of hydrogen-bond acceptors (Lipinski definition) is 6. The van der Waals surface area contributed by atoms with Crippen LogP contribution in [0.5, 0.6) is 0 Å². The largest absolute Gasteiger partial charge is 0.446 e. The maximum atomic E-state index is 14.2. The Labute approximate surface area is 185 Å². The molecular formula is C26H21N3O3. The monoisotopic (exact) mass is 423 g/mol. The molecule has 2 atom stereocenters. The number of nitrogens with two attached hydrogens (primary N) is 1. The molecule has 0 radical (unpaired) electrons. The second kappa shape index (κ2) is 5.68. The van der Waals surface area contributed by atoms with Crippen LogP contribution in [0.25, 0.3) is 0 Å². The molecule has 2 N–H and O–H groups in total. The summed E-state index contributed by atoms with van der Waals surface area (Å²) in [6.07, 6.45) is 0.860. The van der Waals surface area contributed by atoms with Crippen molar-refractivity contribution in [1.29, 1.82) is 5.26 Å². The molecule has 2 aromatic carbocycles. The Hall–Kier alpha value is -3.85. The van der Waals surface area contributed by atoms with Crippen LogP contribution < -0.4 is 10.6 Å². The highest BCUT2D eigenvalue weighted by atomic mass is 16.5. The highest BCUT2D eigenvalue weighted by Crippen LogP contribution is 2.72. The second-order valence-corrected chi connectivity index (χ2v) is 9.66. The lowest BCUT2D eigenvalue weighted by atomic mass is 9.64. The van der Waals surface area contributed by atoms with Gasteiger partial charge in [0.1, 0.15) is 11.6 Å². The molecule has 6 nitrogen and oxygen atoms in total. The van der Waals surface area contributed by atoms with E-state index in [0.717, 1.165) is 11.4 Å². The topological polar surface area (TPSA) is 96.4 Å². The number of nitriles is 1. The van der Waals surface area contributed by atoms with Crippen LogP contribution in [0.15, 0.2) is 77.3 Å². The number of rotatable bonds is 1. The van der Waals surface area contributed by atoms with Crippen molar-refractivity contribution in [2.45, 2.75) is 32.4 Å². The number of nitrogens with zero attached hydrogens (tertiary/aromatic N) is 2. The van der Waals surface area contributed by atoms with Gasteiger partial charge in [-0.25, -0.2) is 0 Å². The van der Waals surface area contributed by atoms with Gasteiger partial charge in [0, 0.05) is 34.5 Å². The summed E-state index contributed by atoms with van der Waals surface area (Å²) in [4.78, 5) is 29.9. The van der Waals surface area contributed by atoms with Crippen LogP contribution in [0.3, 0.4) is 0 Å². The van der Waals surface area contributed by atoms with Crippen molar-refractivity contribution in [3.05, 3.63) is 88.5 Å². The molecule has 2 aromatic rings. The molecule has 0 saturated carbocycles. The van der Waals surface area contributed by atoms with E-state index < -0.39 is 11.1 Å². The van der Waals surface area contributed by atoms with E-state index in [4.69, 9.17) is 10.5 Å². The summed E-state index contributed by atoms with van der Waals surface area (Å²) in [5.74, 6) is -0.532. The number of anilines is 1. The summed E-state index contributed by atoms with van der Waals surface area (Å²) in [5.41, 5.74) is 5.92. The number of carbonyl (C=O) groups is 2. The Morgan fingerprint density at radius 1 is 1.03 bits per heavy atom. The van der Waals surface area contributed by atoms with E-state index in [0.29, 0.717) is 23.1 Å². The fraction of sp³-hybridized carbons (Fsp3) is 0.269. The second-order valence-electron chi connectivity index (χ2n) is 9.66. The first-order valence-corrected chi connectivity index (χ1v) is 10.7. The number of ketones is 2. The highest BCUT2D eigenvalue weighted by molar-refractivity contribution is 6.20. The molecule has 2 heterocycles. The number of carbonyl (C=O) groups excluding carboxylic acids is 2. The van der Waals surface area contributed by atoms with Crippen molar-refractivity contribution in [3.63, 3.8) is 0 Å². The first-order valence-electron chi connectivity index (χ1n) is 10.7. The Bertz CT molecular complexity index is 1350. The first kappa shape index (κ1) is 18.9. The third kappa shape index (κ3) is 1.83. The lowest BCUT2D eigenvalue weighted by molar-refractivity contribution is -0.119. The molecule has 6 heteroatoms. The fourth-order valence-corrected chi connectivity index (χ4v) is 6.23. The molecule has 2 aliphatic heterocycles. The summed E-state index contributed by atoms with van der Waals surface area (Å²) >= 11 is 0. The zero-order valence-electron chi connectivity index (χ0n) is 17.8. The lowest BCUT2D eigenvalue weighted by Crippen LogP contribution is -2.52. The minimum Gasteiger partial charge on any atom is -0.446 e. The average molecular weight is 423 g/mol. The fourth-order valence-electron chi connectivity index (χ4n) is 6.23. The number of Topliss-reactive ketones (excluding diaryl/α,β-unsaturated/α-hetero) is 2. The van der Waals surface area contributed by atoms with Crippen LogP contribution in [0, 0.1) is 22.2 Å². The van der Waals surface area contributed by atoms with Crippen LogP contribution in [0.1, 0.15) is 42.6 Å². The standard InChI is InChI=1S/C26H21N3O3/c1-24(2)12-19-21(20(30)13-24)25-18(14-27)23(28)32-26(25,29(19)15-8-4-3-5-9-15)17-11-7-6-10-16(17)22(25)31/h3-11H,12-13,28H2,1-2H3/t25-,26-/m1/s1. The summed E-state index contributed by atoms with van der Waals surface area (Å²) in [6.45, 7) is 4.09. The number of benzene rings is 2. The van der Waals surface area contributed by atoms with Crippen LogP contribution >= 0.6 is 0 Å². The van der Waals surface area contributed by atoms with Crippen LogP contribution in [0.2, 0.25) is 0 Å². The van der Waals surface area contributed by atoms with Gasteiger partial charge in [0.2, 0.25) is 11.6 Å². The van der Waals surface area contributed by atoms with E-state index in [2.05, 4.69) is 6.07 Å². The van der Waals surface area contributed by atoms with E-state index in [9.17, 15) is 14.9 Å². The normalized spacial score (nSPS) is 29.3. The SMILES string of the molecule is CC1(C)CC(=O)C2=C(C1)N(c1ccccc1)[C@]13OC(N)=C(C#N)[C@]21C(=O)c1ccccc13. The quantitative estimate of drug-likeness (QED) is 0.747. The molecule has 4 aliphatic rings. The summed E-state index contributed by atoms with van der Waals surface area (Å²) in [6, 6.07) is 18.9. The van der Waals surface area contributed by atoms with Crippen LogP contribution in [0.4, 0.5) is 5.69 Å². The molecule has 0 fully saturated rings. The molecule has 0 bridgehead atoms. The number of para-hydroxylation sites is 1. The molecule has 0 amide bonds. The molecule has 0 saturated heterocycles. The van der Waals surface area contributed by atoms with E-state index in [1.807, 2.05) is 61.2 Å². The molecule has 0 unspecified atom stereocenters. The van der Waals surface area contributed by atoms with Crippen molar-refractivity contribution >= 4 is 17.3 Å². The van der Waals surface area contributed by atoms with Gasteiger partial charge in [0.25, 0.3) is 0 Å². The molecule has 0 aromatic heterocycles. The van der Waals surface area contributed by atoms with Crippen molar-refractivity contribution < 1.29 is 14.3 Å². The molecule has 158 valence electrons.